The lowest BCUT2D eigenvalue weighted by Gasteiger charge is -2.41. The number of nitrogens with one attached hydrogen (secondary N) is 1. The van der Waals surface area contributed by atoms with Gasteiger partial charge in [-0.2, -0.15) is 13.2 Å². The van der Waals surface area contributed by atoms with E-state index in [0.29, 0.717) is 17.1 Å². The highest BCUT2D eigenvalue weighted by Crippen LogP contribution is 2.43. The van der Waals surface area contributed by atoms with Crippen molar-refractivity contribution >= 4 is 23.6 Å². The van der Waals surface area contributed by atoms with Crippen LogP contribution < -0.4 is 5.32 Å². The van der Waals surface area contributed by atoms with E-state index < -0.39 is 30.3 Å². The van der Waals surface area contributed by atoms with Crippen molar-refractivity contribution in [2.24, 2.45) is 5.92 Å². The average molecular weight is 630 g/mol. The van der Waals surface area contributed by atoms with Crippen molar-refractivity contribution in [3.05, 3.63) is 95.2 Å². The van der Waals surface area contributed by atoms with Crippen LogP contribution in [0, 0.1) is 5.92 Å². The number of pyridine rings is 1. The zero-order chi connectivity index (χ0) is 31.3. The molecule has 5 rings (SSSR count). The van der Waals surface area contributed by atoms with Crippen molar-refractivity contribution in [3.63, 3.8) is 0 Å². The molecule has 0 bridgehead atoms. The fraction of sp³-hybridized carbons (Fsp3) is 0.406. The number of carbonyl (C=O) groups excluding carboxylic acids is 2. The average Bonchev–Trinajstić information content (AvgIpc) is 3.53. The highest BCUT2D eigenvalue weighted by atomic mass is 32.2. The van der Waals surface area contributed by atoms with Crippen LogP contribution in [0.4, 0.5) is 13.2 Å². The van der Waals surface area contributed by atoms with Gasteiger partial charge in [-0.25, -0.2) is 4.98 Å². The molecule has 0 aliphatic carbocycles. The first-order valence-electron chi connectivity index (χ1n) is 14.4. The van der Waals surface area contributed by atoms with E-state index in [1.54, 1.807) is 30.1 Å². The molecule has 3 aromatic rings. The number of hydrogen-bond donors (Lipinski definition) is 2. The molecule has 0 radical (unpaired) electrons. The van der Waals surface area contributed by atoms with Crippen molar-refractivity contribution in [2.45, 2.75) is 68.7 Å². The summed E-state index contributed by atoms with van der Waals surface area (Å²) >= 11 is 1.60. The number of thioether (sulfide) groups is 1. The Morgan fingerprint density at radius 2 is 1.73 bits per heavy atom. The zero-order valence-corrected chi connectivity index (χ0v) is 24.9. The molecule has 12 heteroatoms. The van der Waals surface area contributed by atoms with E-state index in [-0.39, 0.29) is 44.2 Å². The van der Waals surface area contributed by atoms with Crippen LogP contribution in [0.2, 0.25) is 0 Å². The van der Waals surface area contributed by atoms with Gasteiger partial charge in [-0.1, -0.05) is 61.5 Å². The van der Waals surface area contributed by atoms with E-state index in [2.05, 4.69) is 17.2 Å². The number of amides is 2. The number of benzene rings is 2. The second-order valence-electron chi connectivity index (χ2n) is 10.9. The summed E-state index contributed by atoms with van der Waals surface area (Å²) in [6.07, 6.45) is -3.86. The molecule has 1 aromatic heterocycles. The van der Waals surface area contributed by atoms with Crippen molar-refractivity contribution in [2.75, 3.05) is 12.3 Å². The molecule has 44 heavy (non-hydrogen) atoms. The van der Waals surface area contributed by atoms with Crippen molar-refractivity contribution in [1.82, 2.24) is 15.2 Å². The molecule has 2 saturated heterocycles. The Bertz CT molecular complexity index is 1410. The number of carbonyl (C=O) groups is 2. The standard InChI is InChI=1S/C32H34F3N3O5S/c1-20-26(19-44-27-6-2-3-15-36-27)42-30(43-28(20)23-11-9-22(18-39)10-12-23)24-13-7-21(8-14-24)17-37-29(40)25-5-4-16-38(25)31(41)32(33,34)35/h2-3,6-15,20,25-26,28,30,39H,4-5,16-19H2,1H3,(H,37,40). The van der Waals surface area contributed by atoms with Gasteiger partial charge in [0.2, 0.25) is 5.91 Å². The number of hydrogen-bond acceptors (Lipinski definition) is 7. The number of halogens is 3. The van der Waals surface area contributed by atoms with Crippen LogP contribution in [0.15, 0.2) is 78.0 Å². The molecular formula is C32H34F3N3O5S. The Labute approximate surface area is 258 Å². The van der Waals surface area contributed by atoms with E-state index in [0.717, 1.165) is 27.3 Å². The van der Waals surface area contributed by atoms with Gasteiger partial charge in [-0.3, -0.25) is 9.59 Å². The lowest BCUT2D eigenvalue weighted by atomic mass is 9.91. The maximum Gasteiger partial charge on any atom is 0.471 e. The highest BCUT2D eigenvalue weighted by Gasteiger charge is 2.47. The molecule has 5 atom stereocenters. The third-order valence-corrected chi connectivity index (χ3v) is 8.97. The highest BCUT2D eigenvalue weighted by molar-refractivity contribution is 7.99. The molecule has 8 nitrogen and oxygen atoms in total. The van der Waals surface area contributed by atoms with Crippen LogP contribution in [-0.4, -0.2) is 57.4 Å². The van der Waals surface area contributed by atoms with Crippen LogP contribution in [0.5, 0.6) is 0 Å². The molecule has 2 aromatic carbocycles. The van der Waals surface area contributed by atoms with Crippen LogP contribution >= 0.6 is 11.8 Å². The van der Waals surface area contributed by atoms with Gasteiger partial charge in [0.05, 0.1) is 23.8 Å². The quantitative estimate of drug-likeness (QED) is 0.309. The molecule has 0 spiro atoms. The fourth-order valence-corrected chi connectivity index (χ4v) is 6.48. The molecular weight excluding hydrogens is 595 g/mol. The third kappa shape index (κ3) is 7.60. The van der Waals surface area contributed by atoms with Gasteiger partial charge in [0, 0.05) is 36.5 Å². The maximum atomic E-state index is 12.9. The Morgan fingerprint density at radius 1 is 1.02 bits per heavy atom. The number of likely N-dealkylation sites (tertiary alicyclic amines) is 1. The summed E-state index contributed by atoms with van der Waals surface area (Å²) in [5.74, 6) is -1.93. The number of aliphatic hydroxyl groups is 1. The summed E-state index contributed by atoms with van der Waals surface area (Å²) in [5.41, 5.74) is 3.29. The number of nitrogens with zero attached hydrogens (tertiary/aromatic N) is 2. The first kappa shape index (κ1) is 32.0. The minimum atomic E-state index is -5.02. The minimum Gasteiger partial charge on any atom is -0.392 e. The van der Waals surface area contributed by atoms with Gasteiger partial charge in [0.1, 0.15) is 6.04 Å². The minimum absolute atomic E-state index is 0.0105. The molecule has 2 amide bonds. The first-order valence-corrected chi connectivity index (χ1v) is 15.4. The van der Waals surface area contributed by atoms with Crippen LogP contribution in [0.25, 0.3) is 0 Å². The Kier molecular flexibility index (Phi) is 10.2. The second-order valence-corrected chi connectivity index (χ2v) is 12.0. The largest absolute Gasteiger partial charge is 0.471 e. The summed E-state index contributed by atoms with van der Waals surface area (Å²) in [7, 11) is 0. The third-order valence-electron chi connectivity index (χ3n) is 7.93. The van der Waals surface area contributed by atoms with E-state index in [9.17, 15) is 27.9 Å². The SMILES string of the molecule is CC1C(CSc2ccccn2)OC(c2ccc(CNC(=O)C3CCCN3C(=O)C(F)(F)F)cc2)OC1c1ccc(CO)cc1. The molecule has 234 valence electrons. The van der Waals surface area contributed by atoms with Crippen LogP contribution in [0.3, 0.4) is 0 Å². The van der Waals surface area contributed by atoms with Gasteiger partial charge in [-0.05, 0) is 41.7 Å². The maximum absolute atomic E-state index is 12.9. The number of ether oxygens (including phenoxy) is 2. The van der Waals surface area contributed by atoms with Crippen molar-refractivity contribution < 1.29 is 37.3 Å². The van der Waals surface area contributed by atoms with Gasteiger partial charge in [0.25, 0.3) is 0 Å². The molecule has 0 saturated carbocycles. The molecule has 2 aliphatic heterocycles. The van der Waals surface area contributed by atoms with E-state index >= 15 is 0 Å². The Morgan fingerprint density at radius 3 is 2.39 bits per heavy atom. The molecule has 2 aliphatic rings. The summed E-state index contributed by atoms with van der Waals surface area (Å²) in [6.45, 7) is 2.03. The Hall–Kier alpha value is -3.45. The molecule has 3 heterocycles. The number of alkyl halides is 3. The van der Waals surface area contributed by atoms with E-state index in [1.165, 1.54) is 0 Å². The van der Waals surface area contributed by atoms with Gasteiger partial charge < -0.3 is 24.8 Å². The zero-order valence-electron chi connectivity index (χ0n) is 24.1. The predicted molar refractivity (Wildman–Crippen MR) is 157 cm³/mol. The predicted octanol–water partition coefficient (Wildman–Crippen LogP) is 5.33. The second kappa shape index (κ2) is 14.1. The monoisotopic (exact) mass is 629 g/mol. The van der Waals surface area contributed by atoms with E-state index in [4.69, 9.17) is 9.47 Å². The van der Waals surface area contributed by atoms with Crippen LogP contribution in [-0.2, 0) is 32.2 Å². The van der Waals surface area contributed by atoms with Crippen molar-refractivity contribution in [1.29, 1.82) is 0 Å². The topological polar surface area (TPSA) is 101 Å². The number of aromatic nitrogens is 1. The smallest absolute Gasteiger partial charge is 0.392 e. The van der Waals surface area contributed by atoms with Crippen molar-refractivity contribution in [3.8, 4) is 0 Å². The number of aliphatic hydroxyl groups excluding tert-OH is 1. The molecule has 2 fully saturated rings. The summed E-state index contributed by atoms with van der Waals surface area (Å²) in [5, 5.41) is 13.0. The first-order chi connectivity index (χ1) is 21.1. The molecule has 2 N–H and O–H groups in total. The summed E-state index contributed by atoms with van der Waals surface area (Å²) in [4.78, 5) is 29.4. The van der Waals surface area contributed by atoms with Crippen LogP contribution in [0.1, 0.15) is 54.4 Å². The lowest BCUT2D eigenvalue weighted by molar-refractivity contribution is -0.268. The van der Waals surface area contributed by atoms with Gasteiger partial charge >= 0.3 is 12.1 Å². The van der Waals surface area contributed by atoms with Gasteiger partial charge in [0.15, 0.2) is 6.29 Å². The van der Waals surface area contributed by atoms with Gasteiger partial charge in [-0.15, -0.1) is 11.8 Å². The lowest BCUT2D eigenvalue weighted by Crippen LogP contribution is -2.50. The molecule has 5 unspecified atom stereocenters. The summed E-state index contributed by atoms with van der Waals surface area (Å²) in [6, 6.07) is 19.6. The normalized spacial score (nSPS) is 23.8. The Balaban J connectivity index is 1.26. The number of rotatable bonds is 9. The summed E-state index contributed by atoms with van der Waals surface area (Å²) < 4.78 is 51.8. The fourth-order valence-electron chi connectivity index (χ4n) is 5.45. The van der Waals surface area contributed by atoms with E-state index in [1.807, 2.05) is 54.6 Å².